The van der Waals surface area contributed by atoms with Crippen LogP contribution in [0.2, 0.25) is 0 Å². The van der Waals surface area contributed by atoms with Gasteiger partial charge in [-0.25, -0.2) is 5.43 Å². The standard InChI is InChI=1S/C15H10BrN5OS/c1-21-7-8(13-10(16)3-2-4-11(13)21)5-9-14(18-19-15(9)22)12-6-17-20-23-12/h2-7H,1H3,(H,19,22)/b9-5-. The number of aromatic nitrogens is 3. The van der Waals surface area contributed by atoms with Crippen LogP contribution in [0.5, 0.6) is 0 Å². The Bertz CT molecular complexity index is 987. The zero-order valence-corrected chi connectivity index (χ0v) is 14.3. The topological polar surface area (TPSA) is 72.2 Å². The first-order valence-corrected chi connectivity index (χ1v) is 8.33. The van der Waals surface area contributed by atoms with Gasteiger partial charge in [0, 0.05) is 34.2 Å². The molecule has 0 bridgehead atoms. The summed E-state index contributed by atoms with van der Waals surface area (Å²) in [7, 11) is 1.98. The molecular weight excluding hydrogens is 378 g/mol. The van der Waals surface area contributed by atoms with Gasteiger partial charge >= 0.3 is 0 Å². The number of nitrogens with one attached hydrogen (secondary N) is 1. The smallest absolute Gasteiger partial charge is 0.273 e. The van der Waals surface area contributed by atoms with Gasteiger partial charge in [-0.05, 0) is 29.7 Å². The van der Waals surface area contributed by atoms with Crippen molar-refractivity contribution in [2.45, 2.75) is 0 Å². The maximum Gasteiger partial charge on any atom is 0.273 e. The van der Waals surface area contributed by atoms with Crippen LogP contribution in [0, 0.1) is 0 Å². The minimum Gasteiger partial charge on any atom is -0.350 e. The zero-order valence-electron chi connectivity index (χ0n) is 11.9. The number of hydrazone groups is 1. The Morgan fingerprint density at radius 1 is 1.39 bits per heavy atom. The van der Waals surface area contributed by atoms with Crippen molar-refractivity contribution in [1.82, 2.24) is 19.6 Å². The van der Waals surface area contributed by atoms with Crippen molar-refractivity contribution < 1.29 is 4.79 Å². The van der Waals surface area contributed by atoms with Gasteiger partial charge in [-0.15, -0.1) is 5.10 Å². The molecule has 1 N–H and O–H groups in total. The largest absolute Gasteiger partial charge is 0.350 e. The van der Waals surface area contributed by atoms with E-state index in [9.17, 15) is 4.79 Å². The maximum atomic E-state index is 12.2. The first kappa shape index (κ1) is 14.3. The molecule has 0 radical (unpaired) electrons. The molecule has 0 saturated carbocycles. The minimum absolute atomic E-state index is 0.225. The van der Waals surface area contributed by atoms with Crippen LogP contribution in [0.4, 0.5) is 0 Å². The van der Waals surface area contributed by atoms with Gasteiger partial charge in [0.1, 0.15) is 5.71 Å². The summed E-state index contributed by atoms with van der Waals surface area (Å²) in [6.45, 7) is 0. The second-order valence-corrected chi connectivity index (χ2v) is 6.71. The second kappa shape index (κ2) is 5.39. The lowest BCUT2D eigenvalue weighted by Gasteiger charge is -1.99. The predicted molar refractivity (Wildman–Crippen MR) is 93.2 cm³/mol. The lowest BCUT2D eigenvalue weighted by Crippen LogP contribution is -2.13. The maximum absolute atomic E-state index is 12.2. The predicted octanol–water partition coefficient (Wildman–Crippen LogP) is 2.71. The number of fused-ring (bicyclic) bond motifs is 1. The van der Waals surface area contributed by atoms with E-state index < -0.39 is 0 Å². The van der Waals surface area contributed by atoms with Crippen molar-refractivity contribution in [3.8, 4) is 0 Å². The number of hydrogen-bond acceptors (Lipinski definition) is 5. The SMILES string of the molecule is Cn1cc(/C=C2\C(=O)NN=C2c2cnns2)c2c(Br)cccc21. The monoisotopic (exact) mass is 387 g/mol. The van der Waals surface area contributed by atoms with Crippen LogP contribution in [-0.4, -0.2) is 25.8 Å². The van der Waals surface area contributed by atoms with Crippen molar-refractivity contribution in [2.24, 2.45) is 12.1 Å². The molecule has 1 aromatic carbocycles. The van der Waals surface area contributed by atoms with Gasteiger partial charge in [-0.3, -0.25) is 4.79 Å². The van der Waals surface area contributed by atoms with Crippen LogP contribution in [-0.2, 0) is 11.8 Å². The normalized spacial score (nSPS) is 16.2. The van der Waals surface area contributed by atoms with Gasteiger partial charge in [0.25, 0.3) is 5.91 Å². The molecule has 23 heavy (non-hydrogen) atoms. The summed E-state index contributed by atoms with van der Waals surface area (Å²) >= 11 is 4.80. The number of nitrogens with zero attached hydrogens (tertiary/aromatic N) is 4. The fourth-order valence-electron chi connectivity index (χ4n) is 2.63. The van der Waals surface area contributed by atoms with E-state index in [4.69, 9.17) is 0 Å². The molecule has 1 aliphatic rings. The molecule has 3 aromatic rings. The highest BCUT2D eigenvalue weighted by atomic mass is 79.9. The van der Waals surface area contributed by atoms with E-state index in [1.807, 2.05) is 42.1 Å². The molecule has 0 saturated heterocycles. The van der Waals surface area contributed by atoms with E-state index in [0.29, 0.717) is 11.3 Å². The summed E-state index contributed by atoms with van der Waals surface area (Å²) < 4.78 is 6.85. The van der Waals surface area contributed by atoms with Gasteiger partial charge in [-0.2, -0.15) is 5.10 Å². The van der Waals surface area contributed by atoms with Crippen LogP contribution in [0.25, 0.3) is 17.0 Å². The molecule has 0 unspecified atom stereocenters. The number of carbonyl (C=O) groups is 1. The van der Waals surface area contributed by atoms with Crippen LogP contribution in [0.1, 0.15) is 10.4 Å². The number of benzene rings is 1. The molecule has 0 aliphatic carbocycles. The average molecular weight is 388 g/mol. The Morgan fingerprint density at radius 2 is 2.26 bits per heavy atom. The highest BCUT2D eigenvalue weighted by Gasteiger charge is 2.26. The highest BCUT2D eigenvalue weighted by Crippen LogP contribution is 2.31. The summed E-state index contributed by atoms with van der Waals surface area (Å²) in [6.07, 6.45) is 5.46. The van der Waals surface area contributed by atoms with Crippen LogP contribution in [0.15, 0.2) is 45.7 Å². The first-order chi connectivity index (χ1) is 11.1. The number of hydrogen-bond donors (Lipinski definition) is 1. The van der Waals surface area contributed by atoms with Crippen LogP contribution < -0.4 is 5.43 Å². The number of halogens is 1. The zero-order chi connectivity index (χ0) is 16.0. The fourth-order valence-corrected chi connectivity index (χ4v) is 3.73. The van der Waals surface area contributed by atoms with Gasteiger partial charge in [0.05, 0.1) is 16.6 Å². The third-order valence-corrected chi connectivity index (χ3v) is 4.99. The third-order valence-electron chi connectivity index (χ3n) is 3.66. The molecule has 4 rings (SSSR count). The number of carbonyl (C=O) groups excluding carboxylic acids is 1. The molecule has 3 heterocycles. The van der Waals surface area contributed by atoms with Crippen molar-refractivity contribution >= 4 is 56.1 Å². The van der Waals surface area contributed by atoms with Crippen LogP contribution in [0.3, 0.4) is 0 Å². The van der Waals surface area contributed by atoms with E-state index in [1.54, 1.807) is 6.20 Å². The van der Waals surface area contributed by atoms with Gasteiger partial charge in [-0.1, -0.05) is 26.5 Å². The first-order valence-electron chi connectivity index (χ1n) is 6.76. The van der Waals surface area contributed by atoms with Crippen molar-refractivity contribution in [1.29, 1.82) is 0 Å². The van der Waals surface area contributed by atoms with Crippen molar-refractivity contribution in [3.05, 3.63) is 51.1 Å². The van der Waals surface area contributed by atoms with Gasteiger partial charge in [0.2, 0.25) is 0 Å². The van der Waals surface area contributed by atoms with Crippen molar-refractivity contribution in [2.75, 3.05) is 0 Å². The molecule has 2 aromatic heterocycles. The molecule has 6 nitrogen and oxygen atoms in total. The molecule has 0 fully saturated rings. The summed E-state index contributed by atoms with van der Waals surface area (Å²) in [5.41, 5.74) is 5.64. The molecule has 1 aliphatic heterocycles. The Balaban J connectivity index is 1.90. The summed E-state index contributed by atoms with van der Waals surface area (Å²) in [5.74, 6) is -0.225. The van der Waals surface area contributed by atoms with Crippen LogP contribution >= 0.6 is 27.5 Å². The lowest BCUT2D eigenvalue weighted by molar-refractivity contribution is -0.116. The second-order valence-electron chi connectivity index (χ2n) is 5.07. The van der Waals surface area contributed by atoms with E-state index in [1.165, 1.54) is 11.5 Å². The van der Waals surface area contributed by atoms with E-state index >= 15 is 0 Å². The number of amides is 1. The fraction of sp³-hybridized carbons (Fsp3) is 0.0667. The number of aryl methyl sites for hydroxylation is 1. The highest BCUT2D eigenvalue weighted by molar-refractivity contribution is 9.10. The summed E-state index contributed by atoms with van der Waals surface area (Å²) in [4.78, 5) is 12.9. The molecule has 1 amide bonds. The molecule has 0 spiro atoms. The Hall–Kier alpha value is -2.32. The lowest BCUT2D eigenvalue weighted by atomic mass is 10.1. The quantitative estimate of drug-likeness (QED) is 0.687. The minimum atomic E-state index is -0.225. The van der Waals surface area contributed by atoms with Gasteiger partial charge < -0.3 is 4.57 Å². The third kappa shape index (κ3) is 2.30. The average Bonchev–Trinajstić information content (AvgIpc) is 3.23. The molecule has 8 heteroatoms. The molecule has 0 atom stereocenters. The Labute approximate surface area is 143 Å². The Morgan fingerprint density at radius 3 is 3.04 bits per heavy atom. The van der Waals surface area contributed by atoms with E-state index in [-0.39, 0.29) is 5.91 Å². The summed E-state index contributed by atoms with van der Waals surface area (Å²) in [6, 6.07) is 6.02. The summed E-state index contributed by atoms with van der Waals surface area (Å²) in [5, 5.41) is 8.98. The molecule has 114 valence electrons. The van der Waals surface area contributed by atoms with Crippen molar-refractivity contribution in [3.63, 3.8) is 0 Å². The molecular formula is C15H10BrN5OS. The number of rotatable bonds is 2. The van der Waals surface area contributed by atoms with E-state index in [0.717, 1.165) is 25.8 Å². The Kier molecular flexibility index (Phi) is 3.35. The van der Waals surface area contributed by atoms with E-state index in [2.05, 4.69) is 36.0 Å². The van der Waals surface area contributed by atoms with Gasteiger partial charge in [0.15, 0.2) is 0 Å².